The first-order valence-electron chi connectivity index (χ1n) is 21.3. The van der Waals surface area contributed by atoms with Crippen LogP contribution in [0.3, 0.4) is 0 Å². The molecule has 60 heavy (non-hydrogen) atoms. The van der Waals surface area contributed by atoms with Crippen LogP contribution in [0.4, 0.5) is 6.01 Å². The van der Waals surface area contributed by atoms with E-state index < -0.39 is 40.8 Å². The summed E-state index contributed by atoms with van der Waals surface area (Å²) in [6.45, 7) is 12.4. The first-order valence-corrected chi connectivity index (χ1v) is 21.7. The van der Waals surface area contributed by atoms with Crippen molar-refractivity contribution in [2.75, 3.05) is 39.3 Å². The second kappa shape index (κ2) is 17.5. The summed E-state index contributed by atoms with van der Waals surface area (Å²) in [5.74, 6) is -0.0853. The van der Waals surface area contributed by atoms with Crippen LogP contribution in [0, 0.1) is 34.5 Å². The fourth-order valence-corrected chi connectivity index (χ4v) is 9.57. The summed E-state index contributed by atoms with van der Waals surface area (Å²) in [4.78, 5) is 67.1. The molecular weight excluding hydrogens is 792 g/mol. The van der Waals surface area contributed by atoms with Gasteiger partial charge in [0.15, 0.2) is 5.78 Å². The van der Waals surface area contributed by atoms with Gasteiger partial charge < -0.3 is 38.3 Å². The monoisotopic (exact) mass is 850 g/mol. The highest BCUT2D eigenvalue weighted by Gasteiger charge is 2.62. The second-order valence-electron chi connectivity index (χ2n) is 18.5. The Morgan fingerprint density at radius 2 is 1.75 bits per heavy atom. The molecule has 15 heteroatoms. The minimum absolute atomic E-state index is 0.00715. The summed E-state index contributed by atoms with van der Waals surface area (Å²) < 4.78 is 34.7. The number of benzene rings is 1. The number of oxazole rings is 1. The molecule has 326 valence electrons. The summed E-state index contributed by atoms with van der Waals surface area (Å²) >= 11 is 6.97. The Morgan fingerprint density at radius 1 is 1.00 bits per heavy atom. The lowest BCUT2D eigenvalue weighted by molar-refractivity contribution is -0.157. The Morgan fingerprint density at radius 3 is 2.40 bits per heavy atom. The van der Waals surface area contributed by atoms with Crippen LogP contribution in [-0.4, -0.2) is 96.8 Å². The number of anilines is 1. The molecule has 3 heterocycles. The Labute approximate surface area is 356 Å². The van der Waals surface area contributed by atoms with Crippen molar-refractivity contribution in [3.63, 3.8) is 0 Å². The van der Waals surface area contributed by atoms with Crippen LogP contribution in [0.1, 0.15) is 92.9 Å². The number of rotatable bonds is 18. The number of hydrogen-bond donors (Lipinski definition) is 1. The molecule has 8 atom stereocenters. The van der Waals surface area contributed by atoms with Crippen molar-refractivity contribution in [2.45, 2.75) is 117 Å². The summed E-state index contributed by atoms with van der Waals surface area (Å²) in [6.07, 6.45) is 4.90. The Hall–Kier alpha value is -4.43. The fourth-order valence-electron chi connectivity index (χ4n) is 9.31. The largest absolute Gasteiger partial charge is 0.490 e. The molecular formula is C45H59ClN4O10. The lowest BCUT2D eigenvalue weighted by atomic mass is 9.77. The zero-order chi connectivity index (χ0) is 43.1. The van der Waals surface area contributed by atoms with E-state index in [0.717, 1.165) is 19.3 Å². The van der Waals surface area contributed by atoms with Crippen LogP contribution < -0.4 is 14.8 Å². The normalized spacial score (nSPS) is 26.1. The number of hydrogen-bond acceptors (Lipinski definition) is 13. The number of esters is 2. The van der Waals surface area contributed by atoms with Gasteiger partial charge in [-0.1, -0.05) is 45.7 Å². The van der Waals surface area contributed by atoms with Crippen molar-refractivity contribution >= 4 is 52.1 Å². The molecule has 0 bridgehead atoms. The number of carbonyl (C=O) groups is 4. The number of nitrogens with one attached hydrogen (secondary N) is 1. The molecule has 4 aliphatic rings. The molecule has 4 fully saturated rings. The SMILES string of the molecule is CC[C@@H]1C[C@]1(CC(=O)[C@@H]1C[C@@H](Oc2cc(-c3coc(NC(C)C)n3)nc3c(Cl)c(OCCOC)ccc23)CN1C(=O)[C@@H](CC(=O)OC1C[C@@H]2C[C@@H]2C1)C(C)(C)C)C(=O)OC. The number of methoxy groups -OCH3 is 2. The van der Waals surface area contributed by atoms with Crippen LogP contribution in [-0.2, 0) is 33.4 Å². The third-order valence-corrected chi connectivity index (χ3v) is 13.2. The molecule has 0 radical (unpaired) electrons. The van der Waals surface area contributed by atoms with Crippen molar-refractivity contribution in [1.82, 2.24) is 14.9 Å². The van der Waals surface area contributed by atoms with E-state index in [1.807, 2.05) is 41.5 Å². The number of ketones is 1. The van der Waals surface area contributed by atoms with Crippen LogP contribution in [0.15, 0.2) is 28.9 Å². The molecule has 1 N–H and O–H groups in total. The fraction of sp³-hybridized carbons (Fsp3) is 0.644. The molecule has 7 rings (SSSR count). The summed E-state index contributed by atoms with van der Waals surface area (Å²) in [5.41, 5.74) is -0.336. The average molecular weight is 851 g/mol. The lowest BCUT2D eigenvalue weighted by Gasteiger charge is -2.35. The van der Waals surface area contributed by atoms with Gasteiger partial charge in [0, 0.05) is 37.4 Å². The first kappa shape index (κ1) is 43.7. The number of ether oxygens (including phenoxy) is 5. The molecule has 3 saturated carbocycles. The highest BCUT2D eigenvalue weighted by molar-refractivity contribution is 6.36. The maximum atomic E-state index is 14.9. The molecule has 3 aromatic rings. The molecule has 2 aromatic heterocycles. The number of carbonyl (C=O) groups excluding carboxylic acids is 4. The van der Waals surface area contributed by atoms with Crippen molar-refractivity contribution < 1.29 is 47.3 Å². The van der Waals surface area contributed by atoms with Gasteiger partial charge >= 0.3 is 11.9 Å². The number of nitrogens with zero attached hydrogens (tertiary/aromatic N) is 3. The van der Waals surface area contributed by atoms with E-state index in [9.17, 15) is 19.2 Å². The molecule has 3 aliphatic carbocycles. The van der Waals surface area contributed by atoms with Gasteiger partial charge in [0.2, 0.25) is 5.91 Å². The van der Waals surface area contributed by atoms with Gasteiger partial charge in [-0.3, -0.25) is 19.2 Å². The zero-order valence-electron chi connectivity index (χ0n) is 36.0. The quantitative estimate of drug-likeness (QED) is 0.0978. The molecule has 1 aromatic carbocycles. The van der Waals surface area contributed by atoms with Crippen molar-refractivity contribution in [3.8, 4) is 22.9 Å². The lowest BCUT2D eigenvalue weighted by Crippen LogP contribution is -2.48. The van der Waals surface area contributed by atoms with Gasteiger partial charge in [-0.2, -0.15) is 4.98 Å². The first-order chi connectivity index (χ1) is 28.5. The predicted octanol–water partition coefficient (Wildman–Crippen LogP) is 7.68. The molecule has 14 nitrogen and oxygen atoms in total. The molecule has 1 aliphatic heterocycles. The van der Waals surface area contributed by atoms with Crippen molar-refractivity contribution in [2.24, 2.45) is 34.5 Å². The van der Waals surface area contributed by atoms with Crippen LogP contribution in [0.25, 0.3) is 22.3 Å². The highest BCUT2D eigenvalue weighted by Crippen LogP contribution is 2.58. The maximum Gasteiger partial charge on any atom is 0.312 e. The summed E-state index contributed by atoms with van der Waals surface area (Å²) in [7, 11) is 2.92. The van der Waals surface area contributed by atoms with Crippen LogP contribution >= 0.6 is 11.6 Å². The number of halogens is 1. The number of aromatic nitrogens is 2. The van der Waals surface area contributed by atoms with E-state index in [1.54, 1.807) is 30.2 Å². The van der Waals surface area contributed by atoms with E-state index in [4.69, 9.17) is 44.7 Å². The second-order valence-corrected chi connectivity index (χ2v) is 18.9. The Kier molecular flexibility index (Phi) is 12.7. The van der Waals surface area contributed by atoms with Gasteiger partial charge in [-0.25, -0.2) is 4.98 Å². The highest BCUT2D eigenvalue weighted by atomic mass is 35.5. The Bertz CT molecular complexity index is 2090. The molecule has 1 amide bonds. The summed E-state index contributed by atoms with van der Waals surface area (Å²) in [6, 6.07) is 4.76. The van der Waals surface area contributed by atoms with Gasteiger partial charge in [-0.05, 0) is 74.8 Å². The van der Waals surface area contributed by atoms with Gasteiger partial charge in [0.1, 0.15) is 47.3 Å². The van der Waals surface area contributed by atoms with E-state index in [0.29, 0.717) is 64.7 Å². The minimum atomic E-state index is -0.930. The molecule has 1 saturated heterocycles. The predicted molar refractivity (Wildman–Crippen MR) is 224 cm³/mol. The number of amides is 1. The topological polar surface area (TPSA) is 169 Å². The number of Topliss-reactive ketones (excluding diaryl/α,β-unsaturated/α-hetero) is 1. The van der Waals surface area contributed by atoms with Crippen molar-refractivity contribution in [3.05, 3.63) is 29.5 Å². The molecule has 0 spiro atoms. The van der Waals surface area contributed by atoms with E-state index in [2.05, 4.69) is 10.3 Å². The van der Waals surface area contributed by atoms with Crippen molar-refractivity contribution in [1.29, 1.82) is 0 Å². The number of likely N-dealkylation sites (tertiary alicyclic amines) is 1. The summed E-state index contributed by atoms with van der Waals surface area (Å²) in [5, 5.41) is 3.99. The third kappa shape index (κ3) is 9.24. The minimum Gasteiger partial charge on any atom is -0.490 e. The third-order valence-electron chi connectivity index (χ3n) is 12.8. The van der Waals surface area contributed by atoms with Crippen LogP contribution in [0.5, 0.6) is 11.5 Å². The van der Waals surface area contributed by atoms with Gasteiger partial charge in [0.25, 0.3) is 6.01 Å². The zero-order valence-corrected chi connectivity index (χ0v) is 36.8. The number of pyridine rings is 1. The Balaban J connectivity index is 1.21. The van der Waals surface area contributed by atoms with E-state index in [1.165, 1.54) is 19.8 Å². The standard InChI is InChI=1S/C45H59ClN4O10/c1-9-27-20-45(27,42(54)56-8)21-35(51)34-17-29(22-50(34)41(53)31(44(4,5)6)18-38(52)60-28-15-25-14-26(25)16-28)59-37-19-32(33-23-58-43(49-33)47-24(2)3)48-40-30(37)10-11-36(39(40)46)57-13-12-55-7/h10-11,19,23-29,31,34H,9,12-18,20-22H2,1-8H3,(H,47,49)/t25-,26+,27-,28?,29-,31-,34+,45-/m1/s1. The van der Waals surface area contributed by atoms with Crippen LogP contribution in [0.2, 0.25) is 5.02 Å². The molecule has 1 unspecified atom stereocenters. The van der Waals surface area contributed by atoms with Gasteiger partial charge in [0.05, 0.1) is 55.3 Å². The van der Waals surface area contributed by atoms with Gasteiger partial charge in [-0.15, -0.1) is 0 Å². The maximum absolute atomic E-state index is 14.9. The van der Waals surface area contributed by atoms with E-state index >= 15 is 0 Å². The smallest absolute Gasteiger partial charge is 0.312 e. The average Bonchev–Trinajstić information content (AvgIpc) is 3.86. The van der Waals surface area contributed by atoms with E-state index in [-0.39, 0.29) is 67.2 Å². The number of fused-ring (bicyclic) bond motifs is 2.